The fraction of sp³-hybridized carbons (Fsp3) is 0.386. The summed E-state index contributed by atoms with van der Waals surface area (Å²) in [4.78, 5) is 88.0. The smallest absolute Gasteiger partial charge is 0.272 e. The van der Waals surface area contributed by atoms with E-state index in [0.29, 0.717) is 110 Å². The van der Waals surface area contributed by atoms with E-state index in [2.05, 4.69) is 48.2 Å². The second-order valence-corrected chi connectivity index (χ2v) is 19.8. The molecule has 2 saturated heterocycles. The third kappa shape index (κ3) is 12.5. The summed E-state index contributed by atoms with van der Waals surface area (Å²) >= 11 is 0. The molecule has 1 aromatic heterocycles. The number of benzene rings is 4. The maximum absolute atomic E-state index is 13.5. The maximum Gasteiger partial charge on any atom is 0.272 e. The summed E-state index contributed by atoms with van der Waals surface area (Å²) in [5.41, 5.74) is 8.39. The van der Waals surface area contributed by atoms with Gasteiger partial charge in [0.1, 0.15) is 11.7 Å². The van der Waals surface area contributed by atoms with Gasteiger partial charge >= 0.3 is 0 Å². The van der Waals surface area contributed by atoms with Gasteiger partial charge in [-0.25, -0.2) is 4.98 Å². The first-order valence-corrected chi connectivity index (χ1v) is 25.2. The number of rotatable bonds is 20. The molecule has 0 spiro atoms. The van der Waals surface area contributed by atoms with Crippen LogP contribution in [0.4, 0.5) is 11.4 Å². The number of carbonyl (C=O) groups excluding carboxylic acids is 5. The quantitative estimate of drug-likeness (QED) is 0.0605. The SMILES string of the molecule is C=C1c2cccc(NCCOCCOCCOCCN3CCN(C(=O)c4ccc(Cc5nc(-c6cccc(NC(=O)c7ccc(C(C)(C)C)cc7)c6C)cn(C)c5=O)cc4)CC3)c2C(=O)N1C1CCC(=O)NC1=O. The number of anilines is 2. The normalized spacial score (nSPS) is 16.1. The number of nitrogens with zero attached hydrogens (tertiary/aromatic N) is 5. The molecular formula is C57H66N8O9. The highest BCUT2D eigenvalue weighted by Gasteiger charge is 2.42. The maximum atomic E-state index is 13.5. The first kappa shape index (κ1) is 53.0. The molecule has 5 aromatic rings. The lowest BCUT2D eigenvalue weighted by Crippen LogP contribution is -2.52. The van der Waals surface area contributed by atoms with E-state index in [9.17, 15) is 28.8 Å². The number of aryl methyl sites for hydroxylation is 1. The number of piperidine rings is 1. The summed E-state index contributed by atoms with van der Waals surface area (Å²) in [6.07, 6.45) is 2.41. The molecule has 17 heteroatoms. The zero-order valence-electron chi connectivity index (χ0n) is 43.0. The number of amides is 5. The summed E-state index contributed by atoms with van der Waals surface area (Å²) in [6, 6.07) is 25.3. The number of nitrogens with one attached hydrogen (secondary N) is 3. The number of hydrogen-bond donors (Lipinski definition) is 3. The van der Waals surface area contributed by atoms with Crippen LogP contribution in [0.25, 0.3) is 17.0 Å². The zero-order chi connectivity index (χ0) is 52.5. The van der Waals surface area contributed by atoms with Crippen LogP contribution in [-0.2, 0) is 42.7 Å². The van der Waals surface area contributed by atoms with Crippen LogP contribution in [-0.4, -0.2) is 139 Å². The van der Waals surface area contributed by atoms with Crippen LogP contribution in [0.15, 0.2) is 102 Å². The molecule has 3 aliphatic heterocycles. The molecule has 0 saturated carbocycles. The lowest BCUT2D eigenvalue weighted by Gasteiger charge is -2.34. The van der Waals surface area contributed by atoms with Crippen molar-refractivity contribution in [2.75, 3.05) is 89.5 Å². The van der Waals surface area contributed by atoms with E-state index in [4.69, 9.17) is 19.2 Å². The highest BCUT2D eigenvalue weighted by molar-refractivity contribution is 6.15. The van der Waals surface area contributed by atoms with Crippen molar-refractivity contribution in [3.05, 3.63) is 153 Å². The van der Waals surface area contributed by atoms with E-state index in [1.54, 1.807) is 25.4 Å². The predicted octanol–water partition coefficient (Wildman–Crippen LogP) is 6.05. The molecule has 8 rings (SSSR count). The van der Waals surface area contributed by atoms with E-state index in [1.807, 2.05) is 84.6 Å². The van der Waals surface area contributed by atoms with Crippen molar-refractivity contribution in [2.45, 2.75) is 58.4 Å². The van der Waals surface area contributed by atoms with Gasteiger partial charge in [-0.3, -0.25) is 43.9 Å². The largest absolute Gasteiger partial charge is 0.382 e. The Kier molecular flexibility index (Phi) is 17.0. The summed E-state index contributed by atoms with van der Waals surface area (Å²) in [7, 11) is 1.71. The minimum atomic E-state index is -0.777. The molecule has 0 radical (unpaired) electrons. The second kappa shape index (κ2) is 23.7. The van der Waals surface area contributed by atoms with Crippen molar-refractivity contribution in [2.24, 2.45) is 7.05 Å². The van der Waals surface area contributed by atoms with Crippen molar-refractivity contribution in [3.8, 4) is 11.3 Å². The van der Waals surface area contributed by atoms with E-state index in [0.717, 1.165) is 41.9 Å². The summed E-state index contributed by atoms with van der Waals surface area (Å²) in [5, 5.41) is 8.63. The monoisotopic (exact) mass is 1010 g/mol. The average molecular weight is 1010 g/mol. The van der Waals surface area contributed by atoms with Crippen LogP contribution in [0.3, 0.4) is 0 Å². The van der Waals surface area contributed by atoms with Gasteiger partial charge in [0.05, 0.1) is 50.9 Å². The minimum absolute atomic E-state index is 0.0180. The molecule has 4 heterocycles. The van der Waals surface area contributed by atoms with Crippen molar-refractivity contribution in [1.29, 1.82) is 0 Å². The Bertz CT molecular complexity index is 2960. The Balaban J connectivity index is 0.706. The van der Waals surface area contributed by atoms with Crippen LogP contribution in [0.5, 0.6) is 0 Å². The number of ether oxygens (including phenoxy) is 3. The van der Waals surface area contributed by atoms with Crippen LogP contribution in [0.2, 0.25) is 0 Å². The fourth-order valence-electron chi connectivity index (χ4n) is 9.39. The van der Waals surface area contributed by atoms with Gasteiger partial charge in [0.2, 0.25) is 11.8 Å². The average Bonchev–Trinajstić information content (AvgIpc) is 3.65. The van der Waals surface area contributed by atoms with Crippen molar-refractivity contribution < 1.29 is 38.2 Å². The topological polar surface area (TPSA) is 194 Å². The standard InChI is InChI=1S/C57H66N8O9/c1-37-43(9-7-11-45(37)60-52(67)40-17-19-42(20-18-40)57(3,4)5)48-36-62(6)55(70)47(59-48)35-39-13-15-41(16-14-39)54(69)64-26-24-63(25-27-64)28-30-73-32-34-74-33-31-72-29-23-58-46-12-8-10-44-38(2)65(56(71)51(44)46)49-21-22-50(66)61-53(49)68/h7-20,36,49,58H,2,21-35H2,1,3-6H3,(H,60,67)(H,61,66,68). The Hall–Kier alpha value is -7.31. The van der Waals surface area contributed by atoms with Gasteiger partial charge in [-0.2, -0.15) is 0 Å². The number of aromatic nitrogens is 2. The first-order valence-electron chi connectivity index (χ1n) is 25.2. The highest BCUT2D eigenvalue weighted by Crippen LogP contribution is 2.38. The van der Waals surface area contributed by atoms with Crippen molar-refractivity contribution >= 4 is 46.6 Å². The lowest BCUT2D eigenvalue weighted by molar-refractivity contribution is -0.136. The molecule has 1 unspecified atom stereocenters. The molecule has 17 nitrogen and oxygen atoms in total. The Morgan fingerprint density at radius 3 is 2.09 bits per heavy atom. The van der Waals surface area contributed by atoms with Gasteiger partial charge in [0.25, 0.3) is 23.3 Å². The first-order chi connectivity index (χ1) is 35.6. The summed E-state index contributed by atoms with van der Waals surface area (Å²) < 4.78 is 18.7. The van der Waals surface area contributed by atoms with Crippen LogP contribution < -0.4 is 21.5 Å². The van der Waals surface area contributed by atoms with Crippen LogP contribution in [0.1, 0.15) is 92.6 Å². The van der Waals surface area contributed by atoms with Gasteiger partial charge in [-0.15, -0.1) is 0 Å². The number of piperazine rings is 1. The third-order valence-electron chi connectivity index (χ3n) is 13.7. The number of imide groups is 1. The third-order valence-corrected chi connectivity index (χ3v) is 13.7. The summed E-state index contributed by atoms with van der Waals surface area (Å²) in [6.45, 7) is 18.9. The van der Waals surface area contributed by atoms with Crippen molar-refractivity contribution in [1.82, 2.24) is 29.6 Å². The predicted molar refractivity (Wildman–Crippen MR) is 283 cm³/mol. The molecule has 2 fully saturated rings. The molecule has 0 aliphatic carbocycles. The second-order valence-electron chi connectivity index (χ2n) is 19.8. The van der Waals surface area contributed by atoms with Gasteiger partial charge in [0.15, 0.2) is 0 Å². The van der Waals surface area contributed by atoms with Gasteiger partial charge in [0, 0.05) is 105 Å². The van der Waals surface area contributed by atoms with E-state index < -0.39 is 11.9 Å². The lowest BCUT2D eigenvalue weighted by atomic mass is 9.86. The number of fused-ring (bicyclic) bond motifs is 1. The number of hydrogen-bond acceptors (Lipinski definition) is 12. The molecule has 3 aliphatic rings. The Labute approximate surface area is 431 Å². The molecule has 3 N–H and O–H groups in total. The van der Waals surface area contributed by atoms with Crippen LogP contribution in [0, 0.1) is 6.92 Å². The highest BCUT2D eigenvalue weighted by atomic mass is 16.5. The van der Waals surface area contributed by atoms with Gasteiger partial charge < -0.3 is 34.3 Å². The van der Waals surface area contributed by atoms with Gasteiger partial charge in [-0.05, 0) is 71.8 Å². The van der Waals surface area contributed by atoms with Crippen molar-refractivity contribution in [3.63, 3.8) is 0 Å². The van der Waals surface area contributed by atoms with E-state index in [-0.39, 0.29) is 53.9 Å². The van der Waals surface area contributed by atoms with E-state index in [1.165, 1.54) is 9.47 Å². The minimum Gasteiger partial charge on any atom is -0.382 e. The van der Waals surface area contributed by atoms with Gasteiger partial charge in [-0.1, -0.05) is 75.9 Å². The Morgan fingerprint density at radius 2 is 1.42 bits per heavy atom. The molecule has 1 atom stereocenters. The van der Waals surface area contributed by atoms with Crippen LogP contribution >= 0.6 is 0 Å². The zero-order valence-corrected chi connectivity index (χ0v) is 43.0. The molecule has 388 valence electrons. The molecule has 4 aromatic carbocycles. The molecular weight excluding hydrogens is 941 g/mol. The summed E-state index contributed by atoms with van der Waals surface area (Å²) in [5.74, 6) is -1.40. The number of carbonyl (C=O) groups is 5. The fourth-order valence-corrected chi connectivity index (χ4v) is 9.39. The molecule has 0 bridgehead atoms. The molecule has 74 heavy (non-hydrogen) atoms. The Morgan fingerprint density at radius 1 is 0.784 bits per heavy atom. The van der Waals surface area contributed by atoms with E-state index >= 15 is 0 Å². The molecule has 5 amide bonds.